The van der Waals surface area contributed by atoms with E-state index >= 15 is 0 Å². The van der Waals surface area contributed by atoms with Crippen molar-refractivity contribution in [2.24, 2.45) is 0 Å². The fraction of sp³-hybridized carbons (Fsp3) is 0.571. The van der Waals surface area contributed by atoms with Crippen LogP contribution in [0.25, 0.3) is 0 Å². The Morgan fingerprint density at radius 3 is 2.38 bits per heavy atom. The Bertz CT molecular complexity index is 992. The van der Waals surface area contributed by atoms with Crippen LogP contribution < -0.4 is 10.6 Å². The Morgan fingerprint density at radius 1 is 0.906 bits per heavy atom. The predicted octanol–water partition coefficient (Wildman–Crippen LogP) is 0.392. The van der Waals surface area contributed by atoms with Crippen LogP contribution in [0, 0.1) is 0 Å². The Hall–Kier alpha value is -2.50. The first-order valence-electron chi connectivity index (χ1n) is 11.1. The standard InChI is InChI=1S/C21H29N5O5S/c27-19(15-18-21(29)22-17-8-3-2-7-16(17)20(28)23-18)24-9-6-12-26(14-13-24)32(30,31)25-10-4-1-5-11-25/h2-3,7-8,18H,1,4-6,9-15H2,(H,22,29)(H,23,28)/t18-/m0/s1. The van der Waals surface area contributed by atoms with Gasteiger partial charge in [0.2, 0.25) is 11.8 Å². The van der Waals surface area contributed by atoms with E-state index in [9.17, 15) is 22.8 Å². The highest BCUT2D eigenvalue weighted by molar-refractivity contribution is 7.86. The molecule has 1 atom stereocenters. The molecule has 0 bridgehead atoms. The topological polar surface area (TPSA) is 119 Å². The maximum atomic E-state index is 13.0. The molecule has 0 aliphatic carbocycles. The van der Waals surface area contributed by atoms with Crippen LogP contribution >= 0.6 is 0 Å². The number of piperidine rings is 1. The van der Waals surface area contributed by atoms with Crippen LogP contribution in [0.1, 0.15) is 42.5 Å². The number of nitrogens with one attached hydrogen (secondary N) is 2. The third-order valence-corrected chi connectivity index (χ3v) is 8.24. The van der Waals surface area contributed by atoms with Crippen molar-refractivity contribution in [3.8, 4) is 0 Å². The first-order chi connectivity index (χ1) is 15.4. The fourth-order valence-corrected chi connectivity index (χ4v) is 6.11. The maximum absolute atomic E-state index is 13.0. The number of rotatable bonds is 4. The van der Waals surface area contributed by atoms with Crippen molar-refractivity contribution < 1.29 is 22.8 Å². The molecule has 0 unspecified atom stereocenters. The van der Waals surface area contributed by atoms with E-state index in [0.717, 1.165) is 19.3 Å². The van der Waals surface area contributed by atoms with Gasteiger partial charge in [-0.05, 0) is 31.4 Å². The van der Waals surface area contributed by atoms with Gasteiger partial charge in [-0.15, -0.1) is 0 Å². The number of benzene rings is 1. The van der Waals surface area contributed by atoms with Crippen LogP contribution in [0.15, 0.2) is 24.3 Å². The molecular weight excluding hydrogens is 434 g/mol. The Kier molecular flexibility index (Phi) is 6.77. The number of carbonyl (C=O) groups excluding carboxylic acids is 3. The van der Waals surface area contributed by atoms with E-state index < -0.39 is 28.1 Å². The van der Waals surface area contributed by atoms with Crippen LogP contribution in [0.3, 0.4) is 0 Å². The maximum Gasteiger partial charge on any atom is 0.282 e. The van der Waals surface area contributed by atoms with Crippen molar-refractivity contribution in [1.82, 2.24) is 18.8 Å². The van der Waals surface area contributed by atoms with Crippen LogP contribution in [0.4, 0.5) is 5.69 Å². The molecule has 3 amide bonds. The molecule has 11 heteroatoms. The van der Waals surface area contributed by atoms with Gasteiger partial charge in [0.25, 0.3) is 16.1 Å². The summed E-state index contributed by atoms with van der Waals surface area (Å²) in [6.07, 6.45) is 3.13. The first kappa shape index (κ1) is 22.7. The average Bonchev–Trinajstić information content (AvgIpc) is 3.11. The molecule has 174 valence electrons. The van der Waals surface area contributed by atoms with Crippen molar-refractivity contribution in [1.29, 1.82) is 0 Å². The van der Waals surface area contributed by atoms with E-state index in [2.05, 4.69) is 10.6 Å². The molecular formula is C21H29N5O5S. The molecule has 0 spiro atoms. The zero-order chi connectivity index (χ0) is 22.7. The number of para-hydroxylation sites is 1. The summed E-state index contributed by atoms with van der Waals surface area (Å²) in [5.74, 6) is -1.14. The zero-order valence-electron chi connectivity index (χ0n) is 18.0. The highest BCUT2D eigenvalue weighted by Gasteiger charge is 2.34. The van der Waals surface area contributed by atoms with Crippen molar-refractivity contribution >= 4 is 33.6 Å². The number of fused-ring (bicyclic) bond motifs is 1. The first-order valence-corrected chi connectivity index (χ1v) is 12.5. The second-order valence-corrected chi connectivity index (χ2v) is 10.3. The normalized spacial score (nSPS) is 23.5. The van der Waals surface area contributed by atoms with Gasteiger partial charge in [-0.25, -0.2) is 0 Å². The van der Waals surface area contributed by atoms with Crippen molar-refractivity contribution in [2.45, 2.75) is 38.1 Å². The second-order valence-electron chi connectivity index (χ2n) is 8.37. The number of hydrogen-bond acceptors (Lipinski definition) is 5. The van der Waals surface area contributed by atoms with E-state index in [1.165, 1.54) is 8.61 Å². The molecule has 3 aliphatic rings. The lowest BCUT2D eigenvalue weighted by molar-refractivity contribution is -0.133. The van der Waals surface area contributed by atoms with Crippen LogP contribution in [0.5, 0.6) is 0 Å². The molecule has 0 aromatic heterocycles. The molecule has 10 nitrogen and oxygen atoms in total. The Morgan fingerprint density at radius 2 is 1.59 bits per heavy atom. The largest absolute Gasteiger partial charge is 0.341 e. The molecule has 1 aromatic carbocycles. The van der Waals surface area contributed by atoms with Gasteiger partial charge in [0.15, 0.2) is 0 Å². The van der Waals surface area contributed by atoms with Gasteiger partial charge in [0.05, 0.1) is 17.7 Å². The summed E-state index contributed by atoms with van der Waals surface area (Å²) in [6, 6.07) is 5.69. The highest BCUT2D eigenvalue weighted by Crippen LogP contribution is 2.21. The summed E-state index contributed by atoms with van der Waals surface area (Å²) in [5.41, 5.74) is 0.766. The summed E-state index contributed by atoms with van der Waals surface area (Å²) >= 11 is 0. The van der Waals surface area contributed by atoms with E-state index in [1.807, 2.05) is 0 Å². The van der Waals surface area contributed by atoms with E-state index in [0.29, 0.717) is 43.9 Å². The summed E-state index contributed by atoms with van der Waals surface area (Å²) in [6.45, 7) is 2.33. The summed E-state index contributed by atoms with van der Waals surface area (Å²) < 4.78 is 28.9. The number of nitrogens with zero attached hydrogens (tertiary/aromatic N) is 3. The molecule has 2 saturated heterocycles. The van der Waals surface area contributed by atoms with Crippen molar-refractivity contribution in [2.75, 3.05) is 44.6 Å². The third kappa shape index (κ3) is 4.79. The molecule has 4 rings (SSSR count). The molecule has 32 heavy (non-hydrogen) atoms. The SMILES string of the molecule is O=C1N[C@@H](CC(=O)N2CCCN(S(=O)(=O)N3CCCCC3)CC2)C(=O)Nc2ccccc21. The molecule has 1 aromatic rings. The summed E-state index contributed by atoms with van der Waals surface area (Å²) in [4.78, 5) is 39.6. The second kappa shape index (κ2) is 9.55. The molecule has 3 heterocycles. The third-order valence-electron chi connectivity index (χ3n) is 6.21. The minimum absolute atomic E-state index is 0.176. The van der Waals surface area contributed by atoms with Gasteiger partial charge in [-0.1, -0.05) is 18.6 Å². The van der Waals surface area contributed by atoms with Crippen LogP contribution in [-0.4, -0.2) is 85.0 Å². The Balaban J connectivity index is 1.37. The van der Waals surface area contributed by atoms with Gasteiger partial charge >= 0.3 is 0 Å². The molecule has 0 radical (unpaired) electrons. The summed E-state index contributed by atoms with van der Waals surface area (Å²) in [5, 5.41) is 5.34. The minimum atomic E-state index is -3.53. The van der Waals surface area contributed by atoms with E-state index in [4.69, 9.17) is 0 Å². The molecule has 2 N–H and O–H groups in total. The van der Waals surface area contributed by atoms with Crippen LogP contribution in [0.2, 0.25) is 0 Å². The smallest absolute Gasteiger partial charge is 0.282 e. The predicted molar refractivity (Wildman–Crippen MR) is 118 cm³/mol. The number of amides is 3. The minimum Gasteiger partial charge on any atom is -0.341 e. The molecule has 2 fully saturated rings. The van der Waals surface area contributed by atoms with Crippen molar-refractivity contribution in [3.05, 3.63) is 29.8 Å². The monoisotopic (exact) mass is 463 g/mol. The van der Waals surface area contributed by atoms with Gasteiger partial charge in [-0.3, -0.25) is 14.4 Å². The highest BCUT2D eigenvalue weighted by atomic mass is 32.2. The lowest BCUT2D eigenvalue weighted by atomic mass is 10.1. The lowest BCUT2D eigenvalue weighted by Gasteiger charge is -2.31. The van der Waals surface area contributed by atoms with E-state index in [-0.39, 0.29) is 25.4 Å². The van der Waals surface area contributed by atoms with Crippen molar-refractivity contribution in [3.63, 3.8) is 0 Å². The van der Waals surface area contributed by atoms with Gasteiger partial charge in [-0.2, -0.15) is 17.0 Å². The zero-order valence-corrected chi connectivity index (χ0v) is 18.8. The fourth-order valence-electron chi connectivity index (χ4n) is 4.39. The molecule has 3 aliphatic heterocycles. The number of anilines is 1. The van der Waals surface area contributed by atoms with Gasteiger partial charge in [0, 0.05) is 39.3 Å². The van der Waals surface area contributed by atoms with Crippen LogP contribution in [-0.2, 0) is 19.8 Å². The summed E-state index contributed by atoms with van der Waals surface area (Å²) in [7, 11) is -3.53. The lowest BCUT2D eigenvalue weighted by Crippen LogP contribution is -2.48. The quantitative estimate of drug-likeness (QED) is 0.670. The number of carbonyl (C=O) groups is 3. The van der Waals surface area contributed by atoms with Gasteiger partial charge < -0.3 is 15.5 Å². The molecule has 0 saturated carbocycles. The Labute approximate surface area is 188 Å². The van der Waals surface area contributed by atoms with E-state index in [1.54, 1.807) is 29.2 Å². The average molecular weight is 464 g/mol. The van der Waals surface area contributed by atoms with Gasteiger partial charge in [0.1, 0.15) is 6.04 Å². The number of hydrogen-bond donors (Lipinski definition) is 2.